The molecule has 0 fully saturated rings. The van der Waals surface area contributed by atoms with Crippen molar-refractivity contribution in [1.29, 1.82) is 5.41 Å². The van der Waals surface area contributed by atoms with Crippen LogP contribution in [0, 0.1) is 5.41 Å². The second kappa shape index (κ2) is 1.92. The van der Waals surface area contributed by atoms with Gasteiger partial charge in [-0.3, -0.25) is 10.2 Å². The minimum Gasteiger partial charge on any atom is -0.435 e. The number of rotatable bonds is 0. The van der Waals surface area contributed by atoms with E-state index in [1.54, 1.807) is 24.3 Å². The Labute approximate surface area is 63.1 Å². The minimum atomic E-state index is -0.333. The molecule has 1 aromatic rings. The van der Waals surface area contributed by atoms with E-state index in [1.807, 2.05) is 0 Å². The van der Waals surface area contributed by atoms with Crippen LogP contribution in [0.2, 0.25) is 0 Å². The van der Waals surface area contributed by atoms with Gasteiger partial charge in [-0.2, -0.15) is 0 Å². The molecule has 0 radical (unpaired) electrons. The van der Waals surface area contributed by atoms with E-state index in [-0.39, 0.29) is 11.7 Å². The van der Waals surface area contributed by atoms with E-state index >= 15 is 0 Å². The van der Waals surface area contributed by atoms with Gasteiger partial charge in [0, 0.05) is 0 Å². The number of Topliss-reactive ketones (excluding diaryl/α,β-unsaturated/α-hetero) is 1. The molecule has 3 nitrogen and oxygen atoms in total. The Morgan fingerprint density at radius 3 is 2.73 bits per heavy atom. The van der Waals surface area contributed by atoms with Gasteiger partial charge in [-0.05, 0) is 12.1 Å². The van der Waals surface area contributed by atoms with Crippen molar-refractivity contribution in [2.75, 3.05) is 0 Å². The number of benzene rings is 1. The quantitative estimate of drug-likeness (QED) is 0.600. The number of carbonyl (C=O) groups is 1. The van der Waals surface area contributed by atoms with Gasteiger partial charge in [-0.15, -0.1) is 0 Å². The van der Waals surface area contributed by atoms with Crippen LogP contribution >= 0.6 is 0 Å². The van der Waals surface area contributed by atoms with Crippen molar-refractivity contribution in [2.24, 2.45) is 0 Å². The third kappa shape index (κ3) is 0.741. The molecule has 1 N–H and O–H groups in total. The van der Waals surface area contributed by atoms with Gasteiger partial charge in [0.25, 0.3) is 11.7 Å². The second-order valence-electron chi connectivity index (χ2n) is 2.26. The maximum absolute atomic E-state index is 11.0. The van der Waals surface area contributed by atoms with Crippen molar-refractivity contribution < 1.29 is 9.53 Å². The first-order valence-electron chi connectivity index (χ1n) is 3.19. The highest BCUT2D eigenvalue weighted by molar-refractivity contribution is 6.45. The summed E-state index contributed by atoms with van der Waals surface area (Å²) in [6.07, 6.45) is 0. The van der Waals surface area contributed by atoms with Gasteiger partial charge in [0.05, 0.1) is 5.56 Å². The maximum atomic E-state index is 11.0. The van der Waals surface area contributed by atoms with E-state index in [4.69, 9.17) is 10.1 Å². The highest BCUT2D eigenvalue weighted by Gasteiger charge is 2.26. The van der Waals surface area contributed by atoms with E-state index in [9.17, 15) is 4.79 Å². The average molecular weight is 147 g/mol. The third-order valence-corrected chi connectivity index (χ3v) is 1.55. The van der Waals surface area contributed by atoms with Crippen LogP contribution in [0.15, 0.2) is 24.3 Å². The summed E-state index contributed by atoms with van der Waals surface area (Å²) in [5, 5.41) is 7.07. The lowest BCUT2D eigenvalue weighted by Crippen LogP contribution is -2.09. The van der Waals surface area contributed by atoms with Crippen LogP contribution in [0.5, 0.6) is 5.75 Å². The van der Waals surface area contributed by atoms with E-state index < -0.39 is 0 Å². The fourth-order valence-electron chi connectivity index (χ4n) is 1.02. The van der Waals surface area contributed by atoms with Crippen LogP contribution in [0.3, 0.4) is 0 Å². The maximum Gasteiger partial charge on any atom is 0.261 e. The van der Waals surface area contributed by atoms with Crippen molar-refractivity contribution in [3.63, 3.8) is 0 Å². The molecule has 3 heteroatoms. The summed E-state index contributed by atoms with van der Waals surface area (Å²) < 4.78 is 4.85. The van der Waals surface area contributed by atoms with Gasteiger partial charge in [-0.1, -0.05) is 12.1 Å². The van der Waals surface area contributed by atoms with Crippen molar-refractivity contribution in [3.05, 3.63) is 29.8 Å². The molecule has 0 bridgehead atoms. The molecular weight excluding hydrogens is 142 g/mol. The molecule has 0 aliphatic carbocycles. The predicted octanol–water partition coefficient (Wildman–Crippen LogP) is 1.24. The highest BCUT2D eigenvalue weighted by atomic mass is 16.5. The van der Waals surface area contributed by atoms with Crippen LogP contribution in [0.25, 0.3) is 0 Å². The molecule has 1 aliphatic heterocycles. The summed E-state index contributed by atoms with van der Waals surface area (Å²) in [4.78, 5) is 11.0. The van der Waals surface area contributed by atoms with Crippen LogP contribution in [-0.2, 0) is 0 Å². The number of ketones is 1. The largest absolute Gasteiger partial charge is 0.435 e. The Morgan fingerprint density at radius 2 is 2.00 bits per heavy atom. The molecule has 11 heavy (non-hydrogen) atoms. The Morgan fingerprint density at radius 1 is 1.27 bits per heavy atom. The molecule has 54 valence electrons. The Kier molecular flexibility index (Phi) is 1.06. The molecule has 0 unspecified atom stereocenters. The number of para-hydroxylation sites is 1. The second-order valence-corrected chi connectivity index (χ2v) is 2.26. The molecule has 0 atom stereocenters. The van der Waals surface area contributed by atoms with Gasteiger partial charge in [-0.25, -0.2) is 0 Å². The summed E-state index contributed by atoms with van der Waals surface area (Å²) in [6.45, 7) is 0. The topological polar surface area (TPSA) is 50.1 Å². The summed E-state index contributed by atoms with van der Waals surface area (Å²) in [5.41, 5.74) is 0.484. The highest BCUT2D eigenvalue weighted by Crippen LogP contribution is 2.24. The SMILES string of the molecule is N=C1Oc2ccccc2C1=O. The van der Waals surface area contributed by atoms with Gasteiger partial charge in [0.2, 0.25) is 0 Å². The summed E-state index contributed by atoms with van der Waals surface area (Å²) in [6, 6.07) is 6.84. The number of carbonyl (C=O) groups excluding carboxylic acids is 1. The van der Waals surface area contributed by atoms with E-state index in [0.29, 0.717) is 11.3 Å². The molecule has 0 saturated heterocycles. The molecule has 1 aliphatic rings. The summed E-state index contributed by atoms with van der Waals surface area (Å²) >= 11 is 0. The molecular formula is C8H5NO2. The van der Waals surface area contributed by atoms with E-state index in [0.717, 1.165) is 0 Å². The average Bonchev–Trinajstić information content (AvgIpc) is 2.30. The summed E-state index contributed by atoms with van der Waals surface area (Å²) in [5.74, 6) is -0.130. The molecule has 0 aromatic heterocycles. The standard InChI is InChI=1S/C8H5NO2/c9-8-7(10)5-3-1-2-4-6(5)11-8/h1-4,9H. The van der Waals surface area contributed by atoms with Gasteiger partial charge in [0.15, 0.2) is 0 Å². The van der Waals surface area contributed by atoms with Gasteiger partial charge in [0.1, 0.15) is 5.75 Å². The zero-order chi connectivity index (χ0) is 7.84. The van der Waals surface area contributed by atoms with Crippen molar-refractivity contribution >= 4 is 11.7 Å². The van der Waals surface area contributed by atoms with Crippen molar-refractivity contribution in [3.8, 4) is 5.75 Å². The van der Waals surface area contributed by atoms with Crippen molar-refractivity contribution in [2.45, 2.75) is 0 Å². The smallest absolute Gasteiger partial charge is 0.261 e. The Balaban J connectivity index is 2.64. The van der Waals surface area contributed by atoms with Gasteiger partial charge >= 0.3 is 0 Å². The lowest BCUT2D eigenvalue weighted by atomic mass is 10.1. The zero-order valence-electron chi connectivity index (χ0n) is 5.63. The zero-order valence-corrected chi connectivity index (χ0v) is 5.63. The Bertz CT molecular complexity index is 344. The lowest BCUT2D eigenvalue weighted by molar-refractivity contribution is 0.106. The number of hydrogen-bond acceptors (Lipinski definition) is 3. The van der Waals surface area contributed by atoms with Crippen LogP contribution in [-0.4, -0.2) is 11.7 Å². The van der Waals surface area contributed by atoms with E-state index in [1.165, 1.54) is 0 Å². The predicted molar refractivity (Wildman–Crippen MR) is 39.1 cm³/mol. The summed E-state index contributed by atoms with van der Waals surface area (Å²) in [7, 11) is 0. The fraction of sp³-hybridized carbons (Fsp3) is 0. The molecule has 1 heterocycles. The van der Waals surface area contributed by atoms with Crippen molar-refractivity contribution in [1.82, 2.24) is 0 Å². The molecule has 1 aromatic carbocycles. The monoisotopic (exact) mass is 147 g/mol. The van der Waals surface area contributed by atoms with Crippen LogP contribution in [0.4, 0.5) is 0 Å². The molecule has 0 spiro atoms. The third-order valence-electron chi connectivity index (χ3n) is 1.55. The first kappa shape index (κ1) is 6.09. The lowest BCUT2D eigenvalue weighted by Gasteiger charge is -1.91. The first-order valence-corrected chi connectivity index (χ1v) is 3.19. The number of fused-ring (bicyclic) bond motifs is 1. The van der Waals surface area contributed by atoms with E-state index in [2.05, 4.69) is 0 Å². The Hall–Kier alpha value is -1.64. The van der Waals surface area contributed by atoms with Gasteiger partial charge < -0.3 is 4.74 Å². The number of ether oxygens (including phenoxy) is 1. The fourth-order valence-corrected chi connectivity index (χ4v) is 1.02. The van der Waals surface area contributed by atoms with Crippen LogP contribution < -0.4 is 4.74 Å². The normalized spacial score (nSPS) is 14.5. The molecule has 0 saturated carbocycles. The molecule has 2 rings (SSSR count). The number of hydrogen-bond donors (Lipinski definition) is 1. The van der Waals surface area contributed by atoms with Crippen LogP contribution in [0.1, 0.15) is 10.4 Å². The number of nitrogens with one attached hydrogen (secondary N) is 1. The first-order chi connectivity index (χ1) is 5.29. The minimum absolute atomic E-state index is 0.286. The molecule has 0 amide bonds.